The first kappa shape index (κ1) is 9.43. The molecular formula is C7H17N2O+. The molecule has 0 saturated heterocycles. The van der Waals surface area contributed by atoms with Crippen LogP contribution in [0.15, 0.2) is 5.16 Å². The molecule has 0 radical (unpaired) electrons. The van der Waals surface area contributed by atoms with Crippen LogP contribution >= 0.6 is 0 Å². The van der Waals surface area contributed by atoms with Crippen LogP contribution in [0.4, 0.5) is 0 Å². The minimum Gasteiger partial charge on any atom is -0.390 e. The third kappa shape index (κ3) is 4.32. The number of rotatable bonds is 6. The van der Waals surface area contributed by atoms with Crippen molar-refractivity contribution in [1.82, 2.24) is 0 Å². The standard InChI is InChI=1S/C7H16N2O/c1-4-9(5-2)6-7-10-8-3/h3-7H2,1-2H3/p+1. The maximum absolute atomic E-state index is 4.76. The van der Waals surface area contributed by atoms with Gasteiger partial charge in [0.15, 0.2) is 6.61 Å². The molecule has 0 aromatic rings. The lowest BCUT2D eigenvalue weighted by Crippen LogP contribution is -3.11. The Hall–Kier alpha value is -0.570. The number of quaternary nitrogens is 1. The highest BCUT2D eigenvalue weighted by molar-refractivity contribution is 5.21. The molecule has 60 valence electrons. The first-order valence-electron chi connectivity index (χ1n) is 3.76. The van der Waals surface area contributed by atoms with E-state index in [0.717, 1.165) is 19.6 Å². The van der Waals surface area contributed by atoms with Gasteiger partial charge >= 0.3 is 0 Å². The average Bonchev–Trinajstić information content (AvgIpc) is 1.99. The molecular weight excluding hydrogens is 128 g/mol. The van der Waals surface area contributed by atoms with E-state index in [-0.39, 0.29) is 0 Å². The first-order valence-corrected chi connectivity index (χ1v) is 3.76. The Kier molecular flexibility index (Phi) is 6.18. The predicted octanol–water partition coefficient (Wildman–Crippen LogP) is -0.457. The Morgan fingerprint density at radius 3 is 2.40 bits per heavy atom. The second-order valence-corrected chi connectivity index (χ2v) is 2.17. The van der Waals surface area contributed by atoms with E-state index in [4.69, 9.17) is 4.84 Å². The molecule has 1 N–H and O–H groups in total. The Balaban J connectivity index is 3.16. The molecule has 0 heterocycles. The number of oxime groups is 1. The second kappa shape index (κ2) is 6.55. The molecule has 0 aliphatic heterocycles. The van der Waals surface area contributed by atoms with Crippen molar-refractivity contribution in [2.24, 2.45) is 5.16 Å². The summed E-state index contributed by atoms with van der Waals surface area (Å²) in [5.41, 5.74) is 0. The Labute approximate surface area is 62.7 Å². The molecule has 0 aromatic carbocycles. The van der Waals surface area contributed by atoms with Crippen molar-refractivity contribution in [3.05, 3.63) is 0 Å². The summed E-state index contributed by atoms with van der Waals surface area (Å²) in [5, 5.41) is 3.31. The molecule has 0 atom stereocenters. The number of hydrogen-bond donors (Lipinski definition) is 1. The van der Waals surface area contributed by atoms with Gasteiger partial charge in [-0.2, -0.15) is 0 Å². The van der Waals surface area contributed by atoms with Crippen LogP contribution in [0.2, 0.25) is 0 Å². The summed E-state index contributed by atoms with van der Waals surface area (Å²) in [7, 11) is 0. The molecule has 0 bridgehead atoms. The van der Waals surface area contributed by atoms with Gasteiger partial charge in [0.05, 0.1) is 13.1 Å². The predicted molar refractivity (Wildman–Crippen MR) is 42.4 cm³/mol. The summed E-state index contributed by atoms with van der Waals surface area (Å²) in [6.45, 7) is 11.6. The van der Waals surface area contributed by atoms with Crippen LogP contribution in [-0.2, 0) is 4.84 Å². The van der Waals surface area contributed by atoms with Gasteiger partial charge in [0.1, 0.15) is 6.54 Å². The topological polar surface area (TPSA) is 26.0 Å². The van der Waals surface area contributed by atoms with E-state index in [2.05, 4.69) is 25.7 Å². The summed E-state index contributed by atoms with van der Waals surface area (Å²) < 4.78 is 0. The first-order chi connectivity index (χ1) is 4.85. The molecule has 0 aliphatic carbocycles. The summed E-state index contributed by atoms with van der Waals surface area (Å²) in [6.07, 6.45) is 0. The molecule has 0 aliphatic rings. The van der Waals surface area contributed by atoms with Crippen LogP contribution in [-0.4, -0.2) is 33.0 Å². The van der Waals surface area contributed by atoms with Gasteiger partial charge in [0.2, 0.25) is 0 Å². The molecule has 0 aromatic heterocycles. The third-order valence-corrected chi connectivity index (χ3v) is 1.64. The Morgan fingerprint density at radius 1 is 1.40 bits per heavy atom. The highest BCUT2D eigenvalue weighted by Gasteiger charge is 2.00. The molecule has 3 nitrogen and oxygen atoms in total. The molecule has 0 spiro atoms. The van der Waals surface area contributed by atoms with Crippen LogP contribution in [0.3, 0.4) is 0 Å². The molecule has 0 fully saturated rings. The van der Waals surface area contributed by atoms with E-state index in [9.17, 15) is 0 Å². The number of hydrogen-bond acceptors (Lipinski definition) is 2. The van der Waals surface area contributed by atoms with Crippen molar-refractivity contribution in [1.29, 1.82) is 0 Å². The Bertz CT molecular complexity index is 81.7. The van der Waals surface area contributed by atoms with E-state index < -0.39 is 0 Å². The Morgan fingerprint density at radius 2 is 2.00 bits per heavy atom. The fourth-order valence-electron chi connectivity index (χ4n) is 0.858. The number of nitrogens with one attached hydrogen (secondary N) is 1. The highest BCUT2D eigenvalue weighted by atomic mass is 16.6. The maximum atomic E-state index is 4.76. The van der Waals surface area contributed by atoms with Crippen molar-refractivity contribution in [3.63, 3.8) is 0 Å². The summed E-state index contributed by atoms with van der Waals surface area (Å²) in [4.78, 5) is 6.29. The minimum absolute atomic E-state index is 0.681. The third-order valence-electron chi connectivity index (χ3n) is 1.64. The van der Waals surface area contributed by atoms with Crippen LogP contribution in [0.25, 0.3) is 0 Å². The average molecular weight is 145 g/mol. The quantitative estimate of drug-likeness (QED) is 0.305. The van der Waals surface area contributed by atoms with Gasteiger partial charge < -0.3 is 9.74 Å². The fraction of sp³-hybridized carbons (Fsp3) is 0.857. The van der Waals surface area contributed by atoms with Crippen molar-refractivity contribution in [2.45, 2.75) is 13.8 Å². The van der Waals surface area contributed by atoms with Gasteiger partial charge in [0.25, 0.3) is 0 Å². The van der Waals surface area contributed by atoms with Crippen molar-refractivity contribution in [2.75, 3.05) is 26.2 Å². The largest absolute Gasteiger partial charge is 0.390 e. The van der Waals surface area contributed by atoms with E-state index in [1.807, 2.05) is 0 Å². The highest BCUT2D eigenvalue weighted by Crippen LogP contribution is 1.66. The summed E-state index contributed by atoms with van der Waals surface area (Å²) in [5.74, 6) is 0. The molecule has 0 rings (SSSR count). The van der Waals surface area contributed by atoms with E-state index in [1.165, 1.54) is 4.90 Å². The lowest BCUT2D eigenvalue weighted by Gasteiger charge is -2.13. The molecule has 0 amide bonds. The van der Waals surface area contributed by atoms with Crippen molar-refractivity contribution in [3.8, 4) is 0 Å². The lowest BCUT2D eigenvalue weighted by atomic mass is 10.5. The zero-order valence-electron chi connectivity index (χ0n) is 6.89. The van der Waals surface area contributed by atoms with Gasteiger partial charge in [-0.1, -0.05) is 0 Å². The molecule has 0 saturated carbocycles. The van der Waals surface area contributed by atoms with Crippen molar-refractivity contribution >= 4 is 6.72 Å². The van der Waals surface area contributed by atoms with Gasteiger partial charge in [0, 0.05) is 6.72 Å². The van der Waals surface area contributed by atoms with Crippen LogP contribution in [0.1, 0.15) is 13.8 Å². The fourth-order valence-corrected chi connectivity index (χ4v) is 0.858. The minimum atomic E-state index is 0.681. The van der Waals surface area contributed by atoms with Gasteiger partial charge in [-0.05, 0) is 13.8 Å². The van der Waals surface area contributed by atoms with Crippen LogP contribution < -0.4 is 4.90 Å². The molecule has 0 unspecified atom stereocenters. The van der Waals surface area contributed by atoms with E-state index in [1.54, 1.807) is 0 Å². The zero-order valence-corrected chi connectivity index (χ0v) is 6.89. The van der Waals surface area contributed by atoms with Crippen LogP contribution in [0, 0.1) is 0 Å². The smallest absolute Gasteiger partial charge is 0.165 e. The summed E-state index contributed by atoms with van der Waals surface area (Å²) >= 11 is 0. The molecule has 3 heteroatoms. The normalized spacial score (nSPS) is 9.90. The maximum Gasteiger partial charge on any atom is 0.165 e. The monoisotopic (exact) mass is 145 g/mol. The van der Waals surface area contributed by atoms with Crippen molar-refractivity contribution < 1.29 is 9.74 Å². The van der Waals surface area contributed by atoms with Gasteiger partial charge in [-0.25, -0.2) is 0 Å². The number of likely N-dealkylation sites (N-methyl/N-ethyl adjacent to an activating group) is 1. The zero-order chi connectivity index (χ0) is 7.82. The van der Waals surface area contributed by atoms with E-state index >= 15 is 0 Å². The molecule has 10 heavy (non-hydrogen) atoms. The second-order valence-electron chi connectivity index (χ2n) is 2.17. The lowest BCUT2D eigenvalue weighted by molar-refractivity contribution is -0.896. The summed E-state index contributed by atoms with van der Waals surface area (Å²) in [6, 6.07) is 0. The van der Waals surface area contributed by atoms with Crippen LogP contribution in [0.5, 0.6) is 0 Å². The van der Waals surface area contributed by atoms with E-state index in [0.29, 0.717) is 6.61 Å². The van der Waals surface area contributed by atoms with Gasteiger partial charge in [-0.3, -0.25) is 0 Å². The number of nitrogens with zero attached hydrogens (tertiary/aromatic N) is 1. The van der Waals surface area contributed by atoms with Gasteiger partial charge in [-0.15, -0.1) is 5.16 Å². The SMILES string of the molecule is C=NOCC[NH+](CC)CC.